The van der Waals surface area contributed by atoms with Crippen LogP contribution in [0.2, 0.25) is 5.02 Å². The van der Waals surface area contributed by atoms with Crippen molar-refractivity contribution in [1.82, 2.24) is 5.32 Å². The lowest BCUT2D eigenvalue weighted by Gasteiger charge is -2.08. The summed E-state index contributed by atoms with van der Waals surface area (Å²) in [7, 11) is 0. The minimum absolute atomic E-state index is 0.0422. The Morgan fingerprint density at radius 2 is 2.00 bits per heavy atom. The van der Waals surface area contributed by atoms with Crippen molar-refractivity contribution in [3.63, 3.8) is 0 Å². The summed E-state index contributed by atoms with van der Waals surface area (Å²) in [4.78, 5) is 33.2. The van der Waals surface area contributed by atoms with Crippen LogP contribution in [0, 0.1) is 16.0 Å². The standard InChI is InChI=1S/C13H16ClN3O4/c1-8(2)5-6-15-12(18)13(19)16-9-3-4-10(14)11(7-9)17(20)21/h3-4,7-8H,5-6H2,1-2H3,(H,15,18)(H,16,19). The average Bonchev–Trinajstić information content (AvgIpc) is 2.40. The summed E-state index contributed by atoms with van der Waals surface area (Å²) in [6.07, 6.45) is 0.755. The van der Waals surface area contributed by atoms with E-state index in [1.54, 1.807) is 0 Å². The first-order chi connectivity index (χ1) is 9.81. The number of hydrogen-bond donors (Lipinski definition) is 2. The maximum Gasteiger partial charge on any atom is 0.313 e. The van der Waals surface area contributed by atoms with Gasteiger partial charge in [-0.3, -0.25) is 19.7 Å². The molecule has 1 aromatic rings. The van der Waals surface area contributed by atoms with E-state index >= 15 is 0 Å². The highest BCUT2D eigenvalue weighted by Crippen LogP contribution is 2.27. The highest BCUT2D eigenvalue weighted by atomic mass is 35.5. The van der Waals surface area contributed by atoms with Crippen LogP contribution in [-0.4, -0.2) is 23.3 Å². The van der Waals surface area contributed by atoms with E-state index in [-0.39, 0.29) is 16.4 Å². The van der Waals surface area contributed by atoms with Crippen molar-refractivity contribution in [3.05, 3.63) is 33.3 Å². The van der Waals surface area contributed by atoms with Crippen LogP contribution in [0.1, 0.15) is 20.3 Å². The van der Waals surface area contributed by atoms with Crippen molar-refractivity contribution in [3.8, 4) is 0 Å². The minimum Gasteiger partial charge on any atom is -0.348 e. The van der Waals surface area contributed by atoms with Crippen LogP contribution in [0.15, 0.2) is 18.2 Å². The SMILES string of the molecule is CC(C)CCNC(=O)C(=O)Nc1ccc(Cl)c([N+](=O)[O-])c1. The van der Waals surface area contributed by atoms with Gasteiger partial charge in [0, 0.05) is 18.3 Å². The molecule has 0 bridgehead atoms. The van der Waals surface area contributed by atoms with Crippen molar-refractivity contribution >= 4 is 34.8 Å². The van der Waals surface area contributed by atoms with E-state index in [1.807, 2.05) is 13.8 Å². The Labute approximate surface area is 126 Å². The summed E-state index contributed by atoms with van der Waals surface area (Å²) in [5.41, 5.74) is -0.204. The zero-order valence-corrected chi connectivity index (χ0v) is 12.4. The number of nitro groups is 1. The molecule has 0 aliphatic rings. The van der Waals surface area contributed by atoms with E-state index in [2.05, 4.69) is 10.6 Å². The van der Waals surface area contributed by atoms with Gasteiger partial charge in [-0.05, 0) is 24.5 Å². The third kappa shape index (κ3) is 5.39. The molecule has 0 heterocycles. The predicted octanol–water partition coefficient (Wildman–Crippen LogP) is 2.35. The molecule has 0 saturated carbocycles. The molecule has 0 saturated heterocycles. The molecule has 0 unspecified atom stereocenters. The number of rotatable bonds is 5. The molecule has 114 valence electrons. The number of benzene rings is 1. The molecule has 8 heteroatoms. The first-order valence-electron chi connectivity index (χ1n) is 6.34. The fraction of sp³-hybridized carbons (Fsp3) is 0.385. The molecule has 0 spiro atoms. The monoisotopic (exact) mass is 313 g/mol. The molecule has 1 aromatic carbocycles. The lowest BCUT2D eigenvalue weighted by molar-refractivity contribution is -0.384. The van der Waals surface area contributed by atoms with Crippen LogP contribution in [0.25, 0.3) is 0 Å². The highest BCUT2D eigenvalue weighted by molar-refractivity contribution is 6.39. The highest BCUT2D eigenvalue weighted by Gasteiger charge is 2.17. The van der Waals surface area contributed by atoms with Gasteiger partial charge in [-0.25, -0.2) is 0 Å². The topological polar surface area (TPSA) is 101 Å². The molecule has 2 amide bonds. The zero-order valence-electron chi connectivity index (χ0n) is 11.7. The largest absolute Gasteiger partial charge is 0.348 e. The van der Waals surface area contributed by atoms with Gasteiger partial charge in [0.15, 0.2) is 0 Å². The summed E-state index contributed by atoms with van der Waals surface area (Å²) in [6.45, 7) is 4.39. The number of halogens is 1. The van der Waals surface area contributed by atoms with Gasteiger partial charge in [-0.1, -0.05) is 25.4 Å². The Bertz CT molecular complexity index is 560. The Morgan fingerprint density at radius 3 is 2.57 bits per heavy atom. The Balaban J connectivity index is 2.64. The second kappa shape index (κ2) is 7.58. The Hall–Kier alpha value is -2.15. The molecular formula is C13H16ClN3O4. The summed E-state index contributed by atoms with van der Waals surface area (Å²) in [5.74, 6) is -1.25. The maximum absolute atomic E-state index is 11.6. The second-order valence-corrected chi connectivity index (χ2v) is 5.22. The molecule has 0 atom stereocenters. The fourth-order valence-electron chi connectivity index (χ4n) is 1.47. The van der Waals surface area contributed by atoms with Crippen molar-refractivity contribution in [2.75, 3.05) is 11.9 Å². The van der Waals surface area contributed by atoms with Gasteiger partial charge < -0.3 is 10.6 Å². The van der Waals surface area contributed by atoms with Crippen molar-refractivity contribution in [2.24, 2.45) is 5.92 Å². The van der Waals surface area contributed by atoms with Crippen molar-refractivity contribution < 1.29 is 14.5 Å². The number of nitrogens with zero attached hydrogens (tertiary/aromatic N) is 1. The minimum atomic E-state index is -0.879. The zero-order chi connectivity index (χ0) is 16.0. The number of carbonyl (C=O) groups is 2. The number of nitro benzene ring substituents is 1. The molecule has 0 aliphatic carbocycles. The first kappa shape index (κ1) is 16.9. The number of amides is 2. The lowest BCUT2D eigenvalue weighted by Crippen LogP contribution is -2.36. The molecule has 0 aliphatic heterocycles. The number of nitrogens with one attached hydrogen (secondary N) is 2. The van der Waals surface area contributed by atoms with Gasteiger partial charge >= 0.3 is 11.8 Å². The molecule has 0 fully saturated rings. The molecule has 0 radical (unpaired) electrons. The third-order valence-corrected chi connectivity index (χ3v) is 2.93. The van der Waals surface area contributed by atoms with Gasteiger partial charge in [-0.15, -0.1) is 0 Å². The summed E-state index contributed by atoms with van der Waals surface area (Å²) >= 11 is 5.65. The van der Waals surface area contributed by atoms with Crippen LogP contribution in [0.3, 0.4) is 0 Å². The second-order valence-electron chi connectivity index (χ2n) is 4.82. The normalized spacial score (nSPS) is 10.3. The van der Waals surface area contributed by atoms with E-state index in [0.29, 0.717) is 12.5 Å². The van der Waals surface area contributed by atoms with E-state index < -0.39 is 16.7 Å². The smallest absolute Gasteiger partial charge is 0.313 e. The van der Waals surface area contributed by atoms with Crippen LogP contribution >= 0.6 is 11.6 Å². The number of carbonyl (C=O) groups excluding carboxylic acids is 2. The first-order valence-corrected chi connectivity index (χ1v) is 6.72. The quantitative estimate of drug-likeness (QED) is 0.495. The Kier molecular flexibility index (Phi) is 6.10. The third-order valence-electron chi connectivity index (χ3n) is 2.61. The molecule has 1 rings (SSSR count). The summed E-state index contributed by atoms with van der Waals surface area (Å²) in [6, 6.07) is 3.77. The van der Waals surface area contributed by atoms with E-state index in [9.17, 15) is 19.7 Å². The van der Waals surface area contributed by atoms with E-state index in [1.165, 1.54) is 12.1 Å². The van der Waals surface area contributed by atoms with Crippen LogP contribution in [0.5, 0.6) is 0 Å². The summed E-state index contributed by atoms with van der Waals surface area (Å²) in [5, 5.41) is 15.4. The Morgan fingerprint density at radius 1 is 1.33 bits per heavy atom. The van der Waals surface area contributed by atoms with Crippen LogP contribution in [-0.2, 0) is 9.59 Å². The van der Waals surface area contributed by atoms with Crippen LogP contribution < -0.4 is 10.6 Å². The van der Waals surface area contributed by atoms with Gasteiger partial charge in [-0.2, -0.15) is 0 Å². The molecule has 7 nitrogen and oxygen atoms in total. The van der Waals surface area contributed by atoms with Crippen LogP contribution in [0.4, 0.5) is 11.4 Å². The van der Waals surface area contributed by atoms with Gasteiger partial charge in [0.05, 0.1) is 4.92 Å². The van der Waals surface area contributed by atoms with Gasteiger partial charge in [0.1, 0.15) is 5.02 Å². The predicted molar refractivity (Wildman–Crippen MR) is 79.2 cm³/mol. The van der Waals surface area contributed by atoms with E-state index in [0.717, 1.165) is 12.5 Å². The van der Waals surface area contributed by atoms with Gasteiger partial charge in [0.25, 0.3) is 5.69 Å². The van der Waals surface area contributed by atoms with Crippen molar-refractivity contribution in [2.45, 2.75) is 20.3 Å². The molecule has 0 aromatic heterocycles. The molecular weight excluding hydrogens is 298 g/mol. The fourth-order valence-corrected chi connectivity index (χ4v) is 1.66. The summed E-state index contributed by atoms with van der Waals surface area (Å²) < 4.78 is 0. The molecule has 2 N–H and O–H groups in total. The van der Waals surface area contributed by atoms with E-state index in [4.69, 9.17) is 11.6 Å². The van der Waals surface area contributed by atoms with Crippen molar-refractivity contribution in [1.29, 1.82) is 0 Å². The van der Waals surface area contributed by atoms with Gasteiger partial charge in [0.2, 0.25) is 0 Å². The average molecular weight is 314 g/mol. The number of hydrogen-bond acceptors (Lipinski definition) is 4. The number of anilines is 1. The maximum atomic E-state index is 11.6. The lowest BCUT2D eigenvalue weighted by atomic mass is 10.1. The molecule has 21 heavy (non-hydrogen) atoms.